The fourth-order valence-corrected chi connectivity index (χ4v) is 5.60. The number of amides is 1. The Kier molecular flexibility index (Phi) is 5.54. The molecular weight excluding hydrogens is 401 g/mol. The van der Waals surface area contributed by atoms with Gasteiger partial charge in [-0.3, -0.25) is 4.79 Å². The molecule has 1 aliphatic carbocycles. The fourth-order valence-electron chi connectivity index (χ4n) is 2.40. The van der Waals surface area contributed by atoms with Crippen molar-refractivity contribution in [1.82, 2.24) is 5.32 Å². The molecule has 1 saturated carbocycles. The summed E-state index contributed by atoms with van der Waals surface area (Å²) in [5.74, 6) is 1.79. The van der Waals surface area contributed by atoms with Crippen LogP contribution in [0.2, 0.25) is 0 Å². The summed E-state index contributed by atoms with van der Waals surface area (Å²) in [5.41, 5.74) is 0.701. The highest BCUT2D eigenvalue weighted by Crippen LogP contribution is 2.33. The van der Waals surface area contributed by atoms with Gasteiger partial charge in [0.1, 0.15) is 0 Å². The van der Waals surface area contributed by atoms with E-state index < -0.39 is 0 Å². The first-order chi connectivity index (χ1) is 8.61. The first-order valence-corrected chi connectivity index (χ1v) is 8.84. The summed E-state index contributed by atoms with van der Waals surface area (Å²) in [6.45, 7) is 0.732. The van der Waals surface area contributed by atoms with Crippen LogP contribution in [0.5, 0.6) is 0 Å². The van der Waals surface area contributed by atoms with Crippen molar-refractivity contribution in [2.75, 3.05) is 12.4 Å². The van der Waals surface area contributed by atoms with Gasteiger partial charge in [0, 0.05) is 12.4 Å². The van der Waals surface area contributed by atoms with Crippen LogP contribution in [0.4, 0.5) is 0 Å². The Morgan fingerprint density at radius 3 is 2.78 bits per heavy atom. The Labute approximate surface area is 133 Å². The average molecular weight is 416 g/mol. The summed E-state index contributed by atoms with van der Waals surface area (Å²) < 4.78 is 1.83. The minimum atomic E-state index is -0.0101. The van der Waals surface area contributed by atoms with Crippen molar-refractivity contribution in [3.8, 4) is 0 Å². The number of hydrogen-bond acceptors (Lipinski definition) is 2. The third-order valence-electron chi connectivity index (χ3n) is 3.44. The van der Waals surface area contributed by atoms with Crippen LogP contribution in [0.1, 0.15) is 29.6 Å². The van der Waals surface area contributed by atoms with Crippen LogP contribution >= 0.6 is 54.8 Å². The van der Waals surface area contributed by atoms with Gasteiger partial charge in [0.15, 0.2) is 0 Å². The molecule has 100 valence electrons. The highest BCUT2D eigenvalue weighted by Gasteiger charge is 2.27. The molecule has 2 unspecified atom stereocenters. The van der Waals surface area contributed by atoms with Gasteiger partial charge in [0.05, 0.1) is 13.1 Å². The lowest BCUT2D eigenvalue weighted by Crippen LogP contribution is -2.31. The number of alkyl halides is 1. The zero-order valence-corrected chi connectivity index (χ0v) is 14.5. The average Bonchev–Trinajstić information content (AvgIpc) is 2.92. The summed E-state index contributed by atoms with van der Waals surface area (Å²) in [5, 5.41) is 3.02. The zero-order chi connectivity index (χ0) is 13.1. The first kappa shape index (κ1) is 14.8. The quantitative estimate of drug-likeness (QED) is 0.712. The van der Waals surface area contributed by atoms with Crippen molar-refractivity contribution in [1.29, 1.82) is 0 Å². The van der Waals surface area contributed by atoms with Crippen molar-refractivity contribution >= 4 is 60.7 Å². The topological polar surface area (TPSA) is 29.1 Å². The summed E-state index contributed by atoms with van der Waals surface area (Å²) in [6, 6.07) is 1.85. The molecule has 1 amide bonds. The molecule has 0 saturated heterocycles. The predicted octanol–water partition coefficient (Wildman–Crippen LogP) is 4.66. The SMILES string of the molecule is O=C(NCC1CCCC1CCl)c1cc(Br)sc1Br. The molecule has 0 bridgehead atoms. The standard InChI is InChI=1S/C12H14Br2ClNOS/c13-10-4-9(11(14)18-10)12(17)16-6-8-3-1-2-7(8)5-15/h4,7-8H,1-3,5-6H2,(H,16,17). The molecule has 6 heteroatoms. The van der Waals surface area contributed by atoms with Gasteiger partial charge in [-0.1, -0.05) is 6.42 Å². The summed E-state index contributed by atoms with van der Waals surface area (Å²) in [4.78, 5) is 12.0. The third kappa shape index (κ3) is 3.50. The monoisotopic (exact) mass is 413 g/mol. The van der Waals surface area contributed by atoms with E-state index in [4.69, 9.17) is 11.6 Å². The van der Waals surface area contributed by atoms with Crippen LogP contribution in [0.25, 0.3) is 0 Å². The molecule has 18 heavy (non-hydrogen) atoms. The van der Waals surface area contributed by atoms with Crippen molar-refractivity contribution < 1.29 is 4.79 Å². The maximum Gasteiger partial charge on any atom is 0.253 e. The lowest BCUT2D eigenvalue weighted by molar-refractivity contribution is 0.0944. The minimum Gasteiger partial charge on any atom is -0.352 e. The van der Waals surface area contributed by atoms with E-state index in [1.807, 2.05) is 6.07 Å². The highest BCUT2D eigenvalue weighted by atomic mass is 79.9. The number of nitrogens with one attached hydrogen (secondary N) is 1. The summed E-state index contributed by atoms with van der Waals surface area (Å²) in [6.07, 6.45) is 3.59. The molecule has 2 atom stereocenters. The van der Waals surface area contributed by atoms with E-state index in [-0.39, 0.29) is 5.91 Å². The number of thiophene rings is 1. The van der Waals surface area contributed by atoms with Crippen LogP contribution in [0, 0.1) is 11.8 Å². The molecule has 0 aliphatic heterocycles. The van der Waals surface area contributed by atoms with Gasteiger partial charge in [-0.25, -0.2) is 0 Å². The molecule has 1 heterocycles. The second kappa shape index (κ2) is 6.73. The van der Waals surface area contributed by atoms with Crippen LogP contribution in [-0.4, -0.2) is 18.3 Å². The maximum absolute atomic E-state index is 12.0. The van der Waals surface area contributed by atoms with E-state index in [0.29, 0.717) is 23.3 Å². The van der Waals surface area contributed by atoms with Crippen LogP contribution < -0.4 is 5.32 Å². The van der Waals surface area contributed by atoms with Crippen molar-refractivity contribution in [3.63, 3.8) is 0 Å². The number of carbonyl (C=O) groups excluding carboxylic acids is 1. The molecule has 1 aromatic heterocycles. The van der Waals surface area contributed by atoms with Crippen LogP contribution in [0.3, 0.4) is 0 Å². The molecule has 0 radical (unpaired) electrons. The Balaban J connectivity index is 1.90. The molecule has 1 aromatic rings. The molecule has 0 spiro atoms. The highest BCUT2D eigenvalue weighted by molar-refractivity contribution is 9.12. The van der Waals surface area contributed by atoms with Crippen molar-refractivity contribution in [3.05, 3.63) is 19.2 Å². The largest absolute Gasteiger partial charge is 0.352 e. The number of carbonyl (C=O) groups is 1. The fraction of sp³-hybridized carbons (Fsp3) is 0.583. The van der Waals surface area contributed by atoms with Gasteiger partial charge in [-0.2, -0.15) is 0 Å². The molecule has 1 fully saturated rings. The van der Waals surface area contributed by atoms with E-state index >= 15 is 0 Å². The lowest BCUT2D eigenvalue weighted by atomic mass is 9.98. The number of rotatable bonds is 4. The van der Waals surface area contributed by atoms with Gasteiger partial charge in [-0.15, -0.1) is 22.9 Å². The Morgan fingerprint density at radius 2 is 2.17 bits per heavy atom. The minimum absolute atomic E-state index is 0.0101. The second-order valence-corrected chi connectivity index (χ2v) is 8.61. The molecule has 1 aliphatic rings. The molecule has 2 nitrogen and oxygen atoms in total. The van der Waals surface area contributed by atoms with Crippen LogP contribution in [0.15, 0.2) is 13.6 Å². The molecule has 1 N–H and O–H groups in total. The van der Waals surface area contributed by atoms with Crippen molar-refractivity contribution in [2.24, 2.45) is 11.8 Å². The van der Waals surface area contributed by atoms with Crippen molar-refractivity contribution in [2.45, 2.75) is 19.3 Å². The normalized spacial score (nSPS) is 23.3. The predicted molar refractivity (Wildman–Crippen MR) is 83.6 cm³/mol. The molecular formula is C12H14Br2ClNOS. The van der Waals surface area contributed by atoms with E-state index in [1.54, 1.807) is 0 Å². The first-order valence-electron chi connectivity index (χ1n) is 5.90. The summed E-state index contributed by atoms with van der Waals surface area (Å²) in [7, 11) is 0. The Hall–Kier alpha value is 0.420. The lowest BCUT2D eigenvalue weighted by Gasteiger charge is -2.17. The number of halogens is 3. The van der Waals surface area contributed by atoms with E-state index in [9.17, 15) is 4.79 Å². The molecule has 0 aromatic carbocycles. The van der Waals surface area contributed by atoms with Gasteiger partial charge in [0.2, 0.25) is 0 Å². The Bertz CT molecular complexity index is 438. The van der Waals surface area contributed by atoms with E-state index in [2.05, 4.69) is 37.2 Å². The zero-order valence-electron chi connectivity index (χ0n) is 9.72. The third-order valence-corrected chi connectivity index (χ3v) is 6.18. The van der Waals surface area contributed by atoms with Gasteiger partial charge < -0.3 is 5.32 Å². The number of hydrogen-bond donors (Lipinski definition) is 1. The maximum atomic E-state index is 12.0. The van der Waals surface area contributed by atoms with E-state index in [0.717, 1.165) is 14.1 Å². The van der Waals surface area contributed by atoms with Crippen LogP contribution in [-0.2, 0) is 0 Å². The Morgan fingerprint density at radius 1 is 1.44 bits per heavy atom. The van der Waals surface area contributed by atoms with Gasteiger partial charge in [-0.05, 0) is 62.6 Å². The summed E-state index contributed by atoms with van der Waals surface area (Å²) >= 11 is 14.2. The van der Waals surface area contributed by atoms with Gasteiger partial charge in [0.25, 0.3) is 5.91 Å². The smallest absolute Gasteiger partial charge is 0.253 e. The molecule has 2 rings (SSSR count). The van der Waals surface area contributed by atoms with E-state index in [1.165, 1.54) is 30.6 Å². The van der Waals surface area contributed by atoms with Gasteiger partial charge >= 0.3 is 0 Å². The second-order valence-electron chi connectivity index (χ2n) is 4.55.